The van der Waals surface area contributed by atoms with Gasteiger partial charge in [0, 0.05) is 5.41 Å². The van der Waals surface area contributed by atoms with Crippen LogP contribution in [0.4, 0.5) is 0 Å². The van der Waals surface area contributed by atoms with E-state index in [1.54, 1.807) is 0 Å². The first kappa shape index (κ1) is 12.6. The highest BCUT2D eigenvalue weighted by atomic mass is 16.5. The molecule has 0 amide bonds. The SMILES string of the molecule is CC(C)C(N)c1noc(C2(C)CCCCC2)n1. The topological polar surface area (TPSA) is 64.9 Å². The molecule has 0 saturated heterocycles. The molecule has 0 spiro atoms. The summed E-state index contributed by atoms with van der Waals surface area (Å²) in [7, 11) is 0. The molecule has 1 aromatic heterocycles. The van der Waals surface area contributed by atoms with Crippen molar-refractivity contribution in [3.63, 3.8) is 0 Å². The van der Waals surface area contributed by atoms with Crippen molar-refractivity contribution < 1.29 is 4.52 Å². The highest BCUT2D eigenvalue weighted by Gasteiger charge is 2.35. The van der Waals surface area contributed by atoms with E-state index in [1.807, 2.05) is 0 Å². The van der Waals surface area contributed by atoms with Crippen LogP contribution in [0.5, 0.6) is 0 Å². The fourth-order valence-electron chi connectivity index (χ4n) is 2.46. The molecule has 0 aromatic carbocycles. The predicted octanol–water partition coefficient (Wildman–Crippen LogP) is 2.95. The lowest BCUT2D eigenvalue weighted by molar-refractivity contribution is 0.231. The minimum absolute atomic E-state index is 0.0696. The minimum atomic E-state index is -0.125. The molecule has 1 aromatic rings. The molecule has 0 aliphatic heterocycles. The summed E-state index contributed by atoms with van der Waals surface area (Å²) in [6, 6.07) is -0.125. The Morgan fingerprint density at radius 2 is 1.88 bits per heavy atom. The van der Waals surface area contributed by atoms with Gasteiger partial charge in [-0.15, -0.1) is 0 Å². The van der Waals surface area contributed by atoms with Crippen LogP contribution in [0.2, 0.25) is 0 Å². The second kappa shape index (κ2) is 4.77. The summed E-state index contributed by atoms with van der Waals surface area (Å²) >= 11 is 0. The number of hydrogen-bond donors (Lipinski definition) is 1. The smallest absolute Gasteiger partial charge is 0.232 e. The Morgan fingerprint density at radius 1 is 1.24 bits per heavy atom. The molecule has 4 nitrogen and oxygen atoms in total. The monoisotopic (exact) mass is 237 g/mol. The summed E-state index contributed by atoms with van der Waals surface area (Å²) in [5.41, 5.74) is 6.11. The van der Waals surface area contributed by atoms with E-state index in [4.69, 9.17) is 10.3 Å². The van der Waals surface area contributed by atoms with Crippen LogP contribution in [-0.2, 0) is 5.41 Å². The zero-order valence-corrected chi connectivity index (χ0v) is 11.1. The zero-order valence-electron chi connectivity index (χ0n) is 11.1. The molecule has 2 rings (SSSR count). The predicted molar refractivity (Wildman–Crippen MR) is 66.5 cm³/mol. The zero-order chi connectivity index (χ0) is 12.5. The van der Waals surface area contributed by atoms with E-state index in [0.717, 1.165) is 18.7 Å². The highest BCUT2D eigenvalue weighted by Crippen LogP contribution is 2.38. The van der Waals surface area contributed by atoms with Crippen molar-refractivity contribution >= 4 is 0 Å². The summed E-state index contributed by atoms with van der Waals surface area (Å²) in [6.45, 7) is 6.37. The van der Waals surface area contributed by atoms with Crippen LogP contribution >= 0.6 is 0 Å². The molecule has 1 atom stereocenters. The Morgan fingerprint density at radius 3 is 2.47 bits per heavy atom. The van der Waals surface area contributed by atoms with E-state index in [-0.39, 0.29) is 11.5 Å². The van der Waals surface area contributed by atoms with Gasteiger partial charge in [0.25, 0.3) is 0 Å². The largest absolute Gasteiger partial charge is 0.339 e. The van der Waals surface area contributed by atoms with Crippen molar-refractivity contribution in [1.29, 1.82) is 0 Å². The molecule has 2 N–H and O–H groups in total. The second-order valence-electron chi connectivity index (χ2n) is 5.85. The Labute approximate surface area is 103 Å². The lowest BCUT2D eigenvalue weighted by Gasteiger charge is -2.29. The average molecular weight is 237 g/mol. The van der Waals surface area contributed by atoms with E-state index >= 15 is 0 Å². The van der Waals surface area contributed by atoms with Crippen molar-refractivity contribution in [3.8, 4) is 0 Å². The van der Waals surface area contributed by atoms with Crippen LogP contribution in [0.1, 0.15) is 70.6 Å². The van der Waals surface area contributed by atoms with Crippen LogP contribution in [0.25, 0.3) is 0 Å². The normalized spacial score (nSPS) is 21.7. The Hall–Kier alpha value is -0.900. The fourth-order valence-corrected chi connectivity index (χ4v) is 2.46. The number of rotatable bonds is 3. The lowest BCUT2D eigenvalue weighted by atomic mass is 9.75. The van der Waals surface area contributed by atoms with E-state index in [9.17, 15) is 0 Å². The van der Waals surface area contributed by atoms with Gasteiger partial charge in [0.15, 0.2) is 5.82 Å². The van der Waals surface area contributed by atoms with Crippen LogP contribution < -0.4 is 5.73 Å². The quantitative estimate of drug-likeness (QED) is 0.877. The van der Waals surface area contributed by atoms with Gasteiger partial charge in [-0.25, -0.2) is 0 Å². The summed E-state index contributed by atoms with van der Waals surface area (Å²) in [5, 5.41) is 4.05. The van der Waals surface area contributed by atoms with Crippen LogP contribution in [-0.4, -0.2) is 10.1 Å². The maximum Gasteiger partial charge on any atom is 0.232 e. The molecule has 0 bridgehead atoms. The average Bonchev–Trinajstić information content (AvgIpc) is 2.78. The molecule has 1 saturated carbocycles. The summed E-state index contributed by atoms with van der Waals surface area (Å²) in [5.74, 6) is 1.77. The van der Waals surface area contributed by atoms with Crippen molar-refractivity contribution in [1.82, 2.24) is 10.1 Å². The van der Waals surface area contributed by atoms with Gasteiger partial charge in [-0.2, -0.15) is 4.98 Å². The van der Waals surface area contributed by atoms with Gasteiger partial charge in [-0.1, -0.05) is 45.2 Å². The maximum absolute atomic E-state index is 6.04. The van der Waals surface area contributed by atoms with Crippen LogP contribution in [0.15, 0.2) is 4.52 Å². The number of nitrogens with zero attached hydrogens (tertiary/aromatic N) is 2. The Balaban J connectivity index is 2.17. The highest BCUT2D eigenvalue weighted by molar-refractivity contribution is 5.06. The van der Waals surface area contributed by atoms with Crippen molar-refractivity contribution in [2.75, 3.05) is 0 Å². The molecule has 4 heteroatoms. The first-order valence-corrected chi connectivity index (χ1v) is 6.62. The molecule has 1 fully saturated rings. The van der Waals surface area contributed by atoms with Crippen LogP contribution in [0, 0.1) is 5.92 Å². The van der Waals surface area contributed by atoms with Crippen molar-refractivity contribution in [3.05, 3.63) is 11.7 Å². The van der Waals surface area contributed by atoms with E-state index in [0.29, 0.717) is 11.7 Å². The Bertz CT molecular complexity index is 366. The van der Waals surface area contributed by atoms with Crippen molar-refractivity contribution in [2.45, 2.75) is 64.3 Å². The maximum atomic E-state index is 6.04. The fraction of sp³-hybridized carbons (Fsp3) is 0.846. The number of aromatic nitrogens is 2. The molecule has 1 aliphatic rings. The third-order valence-electron chi connectivity index (χ3n) is 3.93. The van der Waals surface area contributed by atoms with E-state index in [2.05, 4.69) is 30.9 Å². The Kier molecular flexibility index (Phi) is 3.52. The van der Waals surface area contributed by atoms with Gasteiger partial charge in [-0.05, 0) is 18.8 Å². The summed E-state index contributed by atoms with van der Waals surface area (Å²) in [4.78, 5) is 4.52. The molecule has 1 aliphatic carbocycles. The van der Waals surface area contributed by atoms with Gasteiger partial charge in [0.1, 0.15) is 0 Å². The van der Waals surface area contributed by atoms with Gasteiger partial charge in [-0.3, -0.25) is 0 Å². The van der Waals surface area contributed by atoms with Gasteiger partial charge >= 0.3 is 0 Å². The lowest BCUT2D eigenvalue weighted by Crippen LogP contribution is -2.26. The molecule has 96 valence electrons. The molecule has 17 heavy (non-hydrogen) atoms. The second-order valence-corrected chi connectivity index (χ2v) is 5.85. The molecular formula is C13H23N3O. The van der Waals surface area contributed by atoms with Gasteiger partial charge < -0.3 is 10.3 Å². The molecular weight excluding hydrogens is 214 g/mol. The standard InChI is InChI=1S/C13H23N3O/c1-9(2)10(14)11-15-12(17-16-11)13(3)7-5-4-6-8-13/h9-10H,4-8,14H2,1-3H3. The first-order valence-electron chi connectivity index (χ1n) is 6.62. The van der Waals surface area contributed by atoms with E-state index in [1.165, 1.54) is 19.3 Å². The molecule has 1 unspecified atom stereocenters. The minimum Gasteiger partial charge on any atom is -0.339 e. The summed E-state index contributed by atoms with van der Waals surface area (Å²) in [6.07, 6.45) is 6.12. The van der Waals surface area contributed by atoms with Gasteiger partial charge in [0.2, 0.25) is 5.89 Å². The first-order chi connectivity index (χ1) is 8.03. The molecule has 1 heterocycles. The summed E-state index contributed by atoms with van der Waals surface area (Å²) < 4.78 is 5.44. The number of hydrogen-bond acceptors (Lipinski definition) is 4. The van der Waals surface area contributed by atoms with Crippen molar-refractivity contribution in [2.24, 2.45) is 11.7 Å². The van der Waals surface area contributed by atoms with Gasteiger partial charge in [0.05, 0.1) is 6.04 Å². The number of nitrogens with two attached hydrogens (primary N) is 1. The third-order valence-corrected chi connectivity index (χ3v) is 3.93. The molecule has 0 radical (unpaired) electrons. The van der Waals surface area contributed by atoms with E-state index < -0.39 is 0 Å². The van der Waals surface area contributed by atoms with Crippen LogP contribution in [0.3, 0.4) is 0 Å². The third kappa shape index (κ3) is 2.51.